The highest BCUT2D eigenvalue weighted by molar-refractivity contribution is 14.1. The van der Waals surface area contributed by atoms with Gasteiger partial charge in [-0.05, 0) is 40.8 Å². The summed E-state index contributed by atoms with van der Waals surface area (Å²) >= 11 is 14.5. The zero-order valence-corrected chi connectivity index (χ0v) is 15.2. The average Bonchev–Trinajstić information content (AvgIpc) is 2.41. The molecule has 2 unspecified atom stereocenters. The van der Waals surface area contributed by atoms with Crippen molar-refractivity contribution in [2.24, 2.45) is 5.41 Å². The average molecular weight is 438 g/mol. The van der Waals surface area contributed by atoms with E-state index in [0.29, 0.717) is 27.9 Å². The van der Waals surface area contributed by atoms with Crippen molar-refractivity contribution in [3.05, 3.63) is 31.9 Å². The normalized spacial score (nSPS) is 23.9. The SMILES string of the molecule is CC1(C)C(O)CC1Oc1c(I)cc(Cl)c2ccc(Cl)nc12. The molecule has 0 aliphatic heterocycles. The highest BCUT2D eigenvalue weighted by Crippen LogP contribution is 2.45. The third-order valence-electron chi connectivity index (χ3n) is 4.19. The lowest BCUT2D eigenvalue weighted by Gasteiger charge is -2.48. The highest BCUT2D eigenvalue weighted by Gasteiger charge is 2.49. The van der Waals surface area contributed by atoms with Crippen LogP contribution in [-0.2, 0) is 0 Å². The molecule has 1 N–H and O–H groups in total. The van der Waals surface area contributed by atoms with Gasteiger partial charge in [-0.25, -0.2) is 4.98 Å². The zero-order chi connectivity index (χ0) is 15.4. The molecule has 21 heavy (non-hydrogen) atoms. The lowest BCUT2D eigenvalue weighted by Crippen LogP contribution is -2.56. The van der Waals surface area contributed by atoms with Gasteiger partial charge in [0.2, 0.25) is 0 Å². The van der Waals surface area contributed by atoms with Crippen LogP contribution in [0, 0.1) is 8.99 Å². The van der Waals surface area contributed by atoms with Gasteiger partial charge in [-0.1, -0.05) is 37.0 Å². The Labute approximate surface area is 146 Å². The number of aromatic nitrogens is 1. The van der Waals surface area contributed by atoms with E-state index in [0.717, 1.165) is 8.96 Å². The van der Waals surface area contributed by atoms with Crippen molar-refractivity contribution < 1.29 is 9.84 Å². The summed E-state index contributed by atoms with van der Waals surface area (Å²) in [4.78, 5) is 4.36. The maximum atomic E-state index is 9.86. The van der Waals surface area contributed by atoms with Crippen molar-refractivity contribution in [2.45, 2.75) is 32.5 Å². The maximum absolute atomic E-state index is 9.86. The number of pyridine rings is 1. The van der Waals surface area contributed by atoms with Gasteiger partial charge in [0, 0.05) is 17.2 Å². The fourth-order valence-electron chi connectivity index (χ4n) is 2.49. The molecular formula is C15H14Cl2INO2. The maximum Gasteiger partial charge on any atom is 0.159 e. The van der Waals surface area contributed by atoms with Gasteiger partial charge in [0.05, 0.1) is 14.7 Å². The van der Waals surface area contributed by atoms with Gasteiger partial charge in [0.15, 0.2) is 5.75 Å². The molecule has 3 rings (SSSR count). The van der Waals surface area contributed by atoms with Crippen molar-refractivity contribution in [3.63, 3.8) is 0 Å². The van der Waals surface area contributed by atoms with E-state index < -0.39 is 0 Å². The number of halogens is 3. The number of rotatable bonds is 2. The van der Waals surface area contributed by atoms with E-state index in [-0.39, 0.29) is 17.6 Å². The molecule has 1 aromatic heterocycles. The number of aliphatic hydroxyl groups is 1. The third kappa shape index (κ3) is 2.60. The summed E-state index contributed by atoms with van der Waals surface area (Å²) in [5.41, 5.74) is 0.393. The smallest absolute Gasteiger partial charge is 0.159 e. The van der Waals surface area contributed by atoms with E-state index in [2.05, 4.69) is 27.6 Å². The number of hydrogen-bond acceptors (Lipinski definition) is 3. The van der Waals surface area contributed by atoms with Crippen molar-refractivity contribution in [3.8, 4) is 5.75 Å². The summed E-state index contributed by atoms with van der Waals surface area (Å²) in [5.74, 6) is 0.683. The first-order valence-electron chi connectivity index (χ1n) is 6.59. The molecular weight excluding hydrogens is 424 g/mol. The predicted molar refractivity (Wildman–Crippen MR) is 93.3 cm³/mol. The number of hydrogen-bond donors (Lipinski definition) is 1. The molecule has 0 radical (unpaired) electrons. The van der Waals surface area contributed by atoms with Crippen LogP contribution in [0.1, 0.15) is 20.3 Å². The number of nitrogens with zero attached hydrogens (tertiary/aromatic N) is 1. The Morgan fingerprint density at radius 1 is 1.38 bits per heavy atom. The highest BCUT2D eigenvalue weighted by atomic mass is 127. The molecule has 6 heteroatoms. The molecule has 0 amide bonds. The first kappa shape index (κ1) is 15.6. The number of fused-ring (bicyclic) bond motifs is 1. The Hall–Kier alpha value is -0.300. The molecule has 1 saturated carbocycles. The Kier molecular flexibility index (Phi) is 4.01. The molecule has 1 aliphatic rings. The van der Waals surface area contributed by atoms with Crippen molar-refractivity contribution >= 4 is 56.7 Å². The molecule has 0 bridgehead atoms. The van der Waals surface area contributed by atoms with E-state index >= 15 is 0 Å². The number of benzene rings is 1. The molecule has 0 spiro atoms. The van der Waals surface area contributed by atoms with E-state index in [1.807, 2.05) is 26.0 Å². The van der Waals surface area contributed by atoms with Crippen molar-refractivity contribution in [1.82, 2.24) is 4.98 Å². The Morgan fingerprint density at radius 2 is 2.10 bits per heavy atom. The Bertz CT molecular complexity index is 720. The number of ether oxygens (including phenoxy) is 1. The standard InChI is InChI=1S/C15H14Cl2INO2/c1-15(2)10(20)6-11(15)21-14-9(18)5-8(16)7-3-4-12(17)19-13(7)14/h3-5,10-11,20H,6H2,1-2H3. The lowest BCUT2D eigenvalue weighted by molar-refractivity contribution is -0.134. The lowest BCUT2D eigenvalue weighted by atomic mass is 9.66. The van der Waals surface area contributed by atoms with Crippen LogP contribution in [-0.4, -0.2) is 22.3 Å². The molecule has 2 aromatic rings. The predicted octanol–water partition coefficient (Wildman–Crippen LogP) is 4.68. The molecule has 1 aromatic carbocycles. The minimum absolute atomic E-state index is 0.0498. The quantitative estimate of drug-likeness (QED) is 0.547. The van der Waals surface area contributed by atoms with E-state index in [4.69, 9.17) is 27.9 Å². The summed E-state index contributed by atoms with van der Waals surface area (Å²) in [7, 11) is 0. The third-order valence-corrected chi connectivity index (χ3v) is 5.51. The van der Waals surface area contributed by atoms with Crippen molar-refractivity contribution in [1.29, 1.82) is 0 Å². The van der Waals surface area contributed by atoms with Crippen LogP contribution in [0.15, 0.2) is 18.2 Å². The van der Waals surface area contributed by atoms with Gasteiger partial charge in [0.1, 0.15) is 16.8 Å². The van der Waals surface area contributed by atoms with Crippen LogP contribution in [0.4, 0.5) is 0 Å². The van der Waals surface area contributed by atoms with Crippen LogP contribution in [0.3, 0.4) is 0 Å². The fourth-order valence-corrected chi connectivity index (χ4v) is 3.77. The van der Waals surface area contributed by atoms with Crippen molar-refractivity contribution in [2.75, 3.05) is 0 Å². The molecule has 3 nitrogen and oxygen atoms in total. The van der Waals surface area contributed by atoms with E-state index in [1.165, 1.54) is 0 Å². The van der Waals surface area contributed by atoms with Gasteiger partial charge in [0.25, 0.3) is 0 Å². The largest absolute Gasteiger partial charge is 0.486 e. The minimum atomic E-state index is -0.338. The van der Waals surface area contributed by atoms with Gasteiger partial charge in [-0.15, -0.1) is 0 Å². The first-order valence-corrected chi connectivity index (χ1v) is 8.43. The second-order valence-corrected chi connectivity index (χ2v) is 7.84. The molecule has 1 fully saturated rings. The molecule has 0 saturated heterocycles. The summed E-state index contributed by atoms with van der Waals surface area (Å²) in [6.07, 6.45) is 0.231. The monoisotopic (exact) mass is 437 g/mol. The van der Waals surface area contributed by atoms with Crippen LogP contribution in [0.25, 0.3) is 10.9 Å². The molecule has 2 atom stereocenters. The second kappa shape index (κ2) is 5.41. The summed E-state index contributed by atoms with van der Waals surface area (Å²) in [6.45, 7) is 3.99. The first-order chi connectivity index (χ1) is 9.80. The van der Waals surface area contributed by atoms with Crippen LogP contribution < -0.4 is 4.74 Å². The van der Waals surface area contributed by atoms with Gasteiger partial charge >= 0.3 is 0 Å². The van der Waals surface area contributed by atoms with Crippen LogP contribution in [0.5, 0.6) is 5.75 Å². The molecule has 1 aliphatic carbocycles. The summed E-state index contributed by atoms with van der Waals surface area (Å²) in [5, 5.41) is 11.7. The summed E-state index contributed by atoms with van der Waals surface area (Å²) < 4.78 is 7.03. The zero-order valence-electron chi connectivity index (χ0n) is 11.5. The van der Waals surface area contributed by atoms with Crippen LogP contribution in [0.2, 0.25) is 10.2 Å². The summed E-state index contributed by atoms with van der Waals surface area (Å²) in [6, 6.07) is 5.41. The number of aliphatic hydroxyl groups excluding tert-OH is 1. The van der Waals surface area contributed by atoms with E-state index in [9.17, 15) is 5.11 Å². The van der Waals surface area contributed by atoms with E-state index in [1.54, 1.807) is 6.07 Å². The topological polar surface area (TPSA) is 42.4 Å². The van der Waals surface area contributed by atoms with Gasteiger partial charge < -0.3 is 9.84 Å². The van der Waals surface area contributed by atoms with Gasteiger partial charge in [-0.3, -0.25) is 0 Å². The molecule has 112 valence electrons. The fraction of sp³-hybridized carbons (Fsp3) is 0.400. The van der Waals surface area contributed by atoms with Crippen LogP contribution >= 0.6 is 45.8 Å². The second-order valence-electron chi connectivity index (χ2n) is 5.88. The minimum Gasteiger partial charge on any atom is -0.486 e. The van der Waals surface area contributed by atoms with Gasteiger partial charge in [-0.2, -0.15) is 0 Å². The molecule has 1 heterocycles. The Morgan fingerprint density at radius 3 is 2.71 bits per heavy atom. The Balaban J connectivity index is 2.08.